The zero-order valence-electron chi connectivity index (χ0n) is 14.7. The Morgan fingerprint density at radius 2 is 1.71 bits per heavy atom. The van der Waals surface area contributed by atoms with Gasteiger partial charge in [-0.1, -0.05) is 6.07 Å². The van der Waals surface area contributed by atoms with Crippen LogP contribution < -0.4 is 14.2 Å². The fraction of sp³-hybridized carbons (Fsp3) is 0.100. The highest BCUT2D eigenvalue weighted by Crippen LogP contribution is 2.28. The van der Waals surface area contributed by atoms with Crippen LogP contribution in [0.4, 0.5) is 5.69 Å². The lowest BCUT2D eigenvalue weighted by atomic mass is 10.0. The van der Waals surface area contributed by atoms with Crippen molar-refractivity contribution in [2.24, 2.45) is 0 Å². The number of hydrogen-bond acceptors (Lipinski definition) is 6. The lowest BCUT2D eigenvalue weighted by Crippen LogP contribution is -2.19. The minimum absolute atomic E-state index is 0.0382. The third-order valence-corrected chi connectivity index (χ3v) is 5.39. The van der Waals surface area contributed by atoms with E-state index in [0.717, 1.165) is 5.56 Å². The molecule has 7 nitrogen and oxygen atoms in total. The number of aryl methyl sites for hydroxylation is 1. The average Bonchev–Trinajstić information content (AvgIpc) is 2.69. The summed E-state index contributed by atoms with van der Waals surface area (Å²) in [7, 11) is -4.00. The maximum absolute atomic E-state index is 12.6. The Morgan fingerprint density at radius 1 is 0.929 bits per heavy atom. The van der Waals surface area contributed by atoms with Crippen molar-refractivity contribution in [1.82, 2.24) is 4.98 Å². The fourth-order valence-electron chi connectivity index (χ4n) is 2.78. The lowest BCUT2D eigenvalue weighted by molar-refractivity contribution is -0.116. The quantitative estimate of drug-likeness (QED) is 0.663. The van der Waals surface area contributed by atoms with E-state index in [-0.39, 0.29) is 16.6 Å². The van der Waals surface area contributed by atoms with Gasteiger partial charge in [0.1, 0.15) is 16.4 Å². The zero-order chi connectivity index (χ0) is 19.6. The Morgan fingerprint density at radius 3 is 2.46 bits per heavy atom. The molecule has 1 N–H and O–H groups in total. The van der Waals surface area contributed by atoms with Gasteiger partial charge in [-0.3, -0.25) is 4.79 Å². The molecule has 3 aromatic rings. The molecule has 0 bridgehead atoms. The Hall–Kier alpha value is -3.39. The Bertz CT molecular complexity index is 1110. The summed E-state index contributed by atoms with van der Waals surface area (Å²) in [6, 6.07) is 16.0. The van der Waals surface area contributed by atoms with Crippen LogP contribution in [-0.2, 0) is 21.3 Å². The largest absolute Gasteiger partial charge is 0.439 e. The van der Waals surface area contributed by atoms with E-state index in [2.05, 4.69) is 10.3 Å². The van der Waals surface area contributed by atoms with Crippen molar-refractivity contribution in [1.29, 1.82) is 0 Å². The van der Waals surface area contributed by atoms with E-state index < -0.39 is 10.1 Å². The molecule has 0 aliphatic carbocycles. The highest BCUT2D eigenvalue weighted by molar-refractivity contribution is 7.87. The number of anilines is 1. The summed E-state index contributed by atoms with van der Waals surface area (Å²) in [6.45, 7) is 0. The molecule has 2 heterocycles. The van der Waals surface area contributed by atoms with Gasteiger partial charge in [0.15, 0.2) is 0 Å². The van der Waals surface area contributed by atoms with Crippen molar-refractivity contribution in [3.8, 4) is 17.4 Å². The molecule has 0 radical (unpaired) electrons. The first kappa shape index (κ1) is 18.0. The molecule has 1 amide bonds. The molecular weight excluding hydrogens is 380 g/mol. The lowest BCUT2D eigenvalue weighted by Gasteiger charge is -2.17. The Kier molecular flexibility index (Phi) is 4.70. The van der Waals surface area contributed by atoms with Crippen molar-refractivity contribution in [2.45, 2.75) is 17.7 Å². The van der Waals surface area contributed by atoms with Crippen LogP contribution in [0.1, 0.15) is 12.0 Å². The van der Waals surface area contributed by atoms with Gasteiger partial charge in [0.05, 0.1) is 0 Å². The normalized spacial score (nSPS) is 13.4. The van der Waals surface area contributed by atoms with Gasteiger partial charge in [0.2, 0.25) is 11.8 Å². The number of ether oxygens (including phenoxy) is 1. The molecule has 2 aromatic carbocycles. The van der Waals surface area contributed by atoms with Crippen molar-refractivity contribution in [3.63, 3.8) is 0 Å². The van der Waals surface area contributed by atoms with Gasteiger partial charge in [-0.25, -0.2) is 4.98 Å². The molecule has 1 aromatic heterocycles. The standard InChI is InChI=1S/C20H16N2O5S/c23-19-11-4-14-13-17(9-10-18(14)22-19)28(24,25)27-16-7-5-15(6-8-16)26-20-3-1-2-12-21-20/h1-3,5-10,12-13H,4,11H2,(H,22,23). The maximum Gasteiger partial charge on any atom is 0.339 e. The number of carbonyl (C=O) groups is 1. The van der Waals surface area contributed by atoms with Gasteiger partial charge in [-0.05, 0) is 60.5 Å². The van der Waals surface area contributed by atoms with Crippen LogP contribution in [0, 0.1) is 0 Å². The molecule has 8 heteroatoms. The third kappa shape index (κ3) is 3.96. The number of hydrogen-bond donors (Lipinski definition) is 1. The van der Waals surface area contributed by atoms with Crippen molar-refractivity contribution >= 4 is 21.7 Å². The second kappa shape index (κ2) is 7.32. The van der Waals surface area contributed by atoms with Crippen LogP contribution in [-0.4, -0.2) is 19.3 Å². The second-order valence-electron chi connectivity index (χ2n) is 6.15. The first-order valence-electron chi connectivity index (χ1n) is 8.56. The molecule has 142 valence electrons. The molecule has 0 saturated heterocycles. The predicted molar refractivity (Wildman–Crippen MR) is 102 cm³/mol. The molecule has 1 aliphatic rings. The number of nitrogens with one attached hydrogen (secondary N) is 1. The summed E-state index contributed by atoms with van der Waals surface area (Å²) in [5.74, 6) is 1.03. The summed E-state index contributed by atoms with van der Waals surface area (Å²) >= 11 is 0. The summed E-state index contributed by atoms with van der Waals surface area (Å²) in [6.07, 6.45) is 2.43. The molecule has 1 aliphatic heterocycles. The van der Waals surface area contributed by atoms with E-state index in [0.29, 0.717) is 30.2 Å². The molecule has 28 heavy (non-hydrogen) atoms. The first-order valence-corrected chi connectivity index (χ1v) is 9.97. The monoisotopic (exact) mass is 396 g/mol. The summed E-state index contributed by atoms with van der Waals surface area (Å²) in [5, 5.41) is 2.72. The predicted octanol–water partition coefficient (Wildman–Crippen LogP) is 3.53. The zero-order valence-corrected chi connectivity index (χ0v) is 15.5. The van der Waals surface area contributed by atoms with Crippen molar-refractivity contribution < 1.29 is 22.1 Å². The van der Waals surface area contributed by atoms with Gasteiger partial charge >= 0.3 is 10.1 Å². The van der Waals surface area contributed by atoms with E-state index in [1.807, 2.05) is 0 Å². The highest BCUT2D eigenvalue weighted by atomic mass is 32.2. The van der Waals surface area contributed by atoms with Crippen LogP contribution in [0.5, 0.6) is 17.4 Å². The fourth-order valence-corrected chi connectivity index (χ4v) is 3.76. The SMILES string of the molecule is O=C1CCc2cc(S(=O)(=O)Oc3ccc(Oc4ccccn4)cc3)ccc2N1. The number of carbonyl (C=O) groups excluding carboxylic acids is 1. The Balaban J connectivity index is 1.49. The topological polar surface area (TPSA) is 94.6 Å². The number of amides is 1. The van der Waals surface area contributed by atoms with Gasteiger partial charge in [-0.2, -0.15) is 8.42 Å². The molecule has 0 atom stereocenters. The third-order valence-electron chi connectivity index (χ3n) is 4.15. The maximum atomic E-state index is 12.6. The minimum Gasteiger partial charge on any atom is -0.439 e. The highest BCUT2D eigenvalue weighted by Gasteiger charge is 2.21. The van der Waals surface area contributed by atoms with Crippen LogP contribution in [0.3, 0.4) is 0 Å². The molecule has 0 spiro atoms. The number of aromatic nitrogens is 1. The number of rotatable bonds is 5. The van der Waals surface area contributed by atoms with Crippen molar-refractivity contribution in [3.05, 3.63) is 72.4 Å². The number of fused-ring (bicyclic) bond motifs is 1. The van der Waals surface area contributed by atoms with Gasteiger partial charge in [0, 0.05) is 24.4 Å². The first-order chi connectivity index (χ1) is 13.5. The minimum atomic E-state index is -4.00. The summed E-state index contributed by atoms with van der Waals surface area (Å²) in [4.78, 5) is 15.5. The molecule has 0 unspecified atom stereocenters. The number of nitrogens with zero attached hydrogens (tertiary/aromatic N) is 1. The van der Waals surface area contributed by atoms with Crippen LogP contribution in [0.15, 0.2) is 71.8 Å². The van der Waals surface area contributed by atoms with E-state index >= 15 is 0 Å². The molecule has 0 saturated carbocycles. The smallest absolute Gasteiger partial charge is 0.339 e. The molecule has 4 rings (SSSR count). The van der Waals surface area contributed by atoms with E-state index in [1.54, 1.807) is 42.6 Å². The van der Waals surface area contributed by atoms with Gasteiger partial charge in [-0.15, -0.1) is 0 Å². The summed E-state index contributed by atoms with van der Waals surface area (Å²) < 4.78 is 35.9. The van der Waals surface area contributed by atoms with E-state index in [1.165, 1.54) is 24.3 Å². The number of benzene rings is 2. The van der Waals surface area contributed by atoms with Crippen molar-refractivity contribution in [2.75, 3.05) is 5.32 Å². The van der Waals surface area contributed by atoms with Gasteiger partial charge in [0.25, 0.3) is 0 Å². The van der Waals surface area contributed by atoms with E-state index in [9.17, 15) is 13.2 Å². The van der Waals surface area contributed by atoms with Crippen LogP contribution >= 0.6 is 0 Å². The van der Waals surface area contributed by atoms with Gasteiger partial charge < -0.3 is 14.2 Å². The molecule has 0 fully saturated rings. The summed E-state index contributed by atoms with van der Waals surface area (Å²) in [5.41, 5.74) is 1.40. The Labute approximate surface area is 162 Å². The average molecular weight is 396 g/mol. The van der Waals surface area contributed by atoms with Crippen LogP contribution in [0.25, 0.3) is 0 Å². The van der Waals surface area contributed by atoms with E-state index in [4.69, 9.17) is 8.92 Å². The van der Waals surface area contributed by atoms with Crippen LogP contribution in [0.2, 0.25) is 0 Å². The molecular formula is C20H16N2O5S. The number of pyridine rings is 1. The second-order valence-corrected chi connectivity index (χ2v) is 7.69.